The van der Waals surface area contributed by atoms with Gasteiger partial charge in [0.25, 0.3) is 5.91 Å². The molecule has 0 aliphatic carbocycles. The number of hydrogen-bond donors (Lipinski definition) is 1. The number of amides is 1. The van der Waals surface area contributed by atoms with Gasteiger partial charge in [-0.1, -0.05) is 90.5 Å². The molecule has 0 aromatic heterocycles. The fourth-order valence-corrected chi connectivity index (χ4v) is 4.05. The second kappa shape index (κ2) is 9.77. The zero-order valence-electron chi connectivity index (χ0n) is 18.2. The zero-order chi connectivity index (χ0) is 23.3. The molecular formula is C29H21ClN2O2. The molecule has 0 fully saturated rings. The summed E-state index contributed by atoms with van der Waals surface area (Å²) in [6.45, 7) is 0.322. The Kier molecular flexibility index (Phi) is 6.23. The van der Waals surface area contributed by atoms with E-state index in [4.69, 9.17) is 16.3 Å². The van der Waals surface area contributed by atoms with Gasteiger partial charge in [0, 0.05) is 21.7 Å². The van der Waals surface area contributed by atoms with Gasteiger partial charge in [0.05, 0.1) is 6.21 Å². The molecule has 0 atom stereocenters. The fraction of sp³-hybridized carbons (Fsp3) is 0.0345. The Hall–Kier alpha value is -4.15. The third-order valence-electron chi connectivity index (χ3n) is 5.64. The van der Waals surface area contributed by atoms with Gasteiger partial charge >= 0.3 is 0 Å². The van der Waals surface area contributed by atoms with E-state index in [1.54, 1.807) is 12.3 Å². The van der Waals surface area contributed by atoms with Crippen molar-refractivity contribution in [3.63, 3.8) is 0 Å². The first-order valence-electron chi connectivity index (χ1n) is 10.9. The maximum Gasteiger partial charge on any atom is 0.271 e. The minimum atomic E-state index is -0.277. The van der Waals surface area contributed by atoms with E-state index >= 15 is 0 Å². The van der Waals surface area contributed by atoms with Crippen LogP contribution in [0.15, 0.2) is 108 Å². The minimum Gasteiger partial charge on any atom is -0.488 e. The zero-order valence-corrected chi connectivity index (χ0v) is 19.0. The first-order valence-corrected chi connectivity index (χ1v) is 11.3. The number of rotatable bonds is 6. The molecule has 0 aliphatic rings. The van der Waals surface area contributed by atoms with Crippen LogP contribution < -0.4 is 10.2 Å². The van der Waals surface area contributed by atoms with E-state index in [1.165, 1.54) is 0 Å². The molecular weight excluding hydrogens is 444 g/mol. The molecule has 0 bridgehead atoms. The van der Waals surface area contributed by atoms with Crippen LogP contribution in [0.4, 0.5) is 0 Å². The van der Waals surface area contributed by atoms with Gasteiger partial charge in [0.2, 0.25) is 0 Å². The molecule has 34 heavy (non-hydrogen) atoms. The largest absolute Gasteiger partial charge is 0.488 e. The van der Waals surface area contributed by atoms with E-state index in [9.17, 15) is 4.79 Å². The number of ether oxygens (including phenoxy) is 1. The highest BCUT2D eigenvalue weighted by Crippen LogP contribution is 2.28. The molecule has 0 saturated heterocycles. The van der Waals surface area contributed by atoms with Crippen molar-refractivity contribution in [2.45, 2.75) is 6.61 Å². The van der Waals surface area contributed by atoms with Gasteiger partial charge < -0.3 is 4.74 Å². The highest BCUT2D eigenvalue weighted by Gasteiger charge is 2.10. The van der Waals surface area contributed by atoms with Crippen LogP contribution in [0.2, 0.25) is 5.02 Å². The Morgan fingerprint density at radius 2 is 1.53 bits per heavy atom. The lowest BCUT2D eigenvalue weighted by molar-refractivity contribution is 0.0955. The second-order valence-electron chi connectivity index (χ2n) is 7.84. The minimum absolute atomic E-state index is 0.277. The van der Waals surface area contributed by atoms with Gasteiger partial charge in [0.1, 0.15) is 12.4 Å². The normalized spacial score (nSPS) is 11.2. The molecule has 5 heteroatoms. The Morgan fingerprint density at radius 3 is 2.38 bits per heavy atom. The molecule has 5 aromatic carbocycles. The summed E-state index contributed by atoms with van der Waals surface area (Å²) in [4.78, 5) is 12.7. The molecule has 0 saturated carbocycles. The quantitative estimate of drug-likeness (QED) is 0.217. The summed E-state index contributed by atoms with van der Waals surface area (Å²) >= 11 is 6.28. The van der Waals surface area contributed by atoms with Crippen LogP contribution in [-0.2, 0) is 6.61 Å². The average Bonchev–Trinajstić information content (AvgIpc) is 2.88. The lowest BCUT2D eigenvalue weighted by Crippen LogP contribution is -2.17. The molecule has 1 amide bonds. The predicted molar refractivity (Wildman–Crippen MR) is 139 cm³/mol. The van der Waals surface area contributed by atoms with Gasteiger partial charge in [0.15, 0.2) is 0 Å². The van der Waals surface area contributed by atoms with Crippen LogP contribution >= 0.6 is 11.6 Å². The number of carbonyl (C=O) groups excluding carboxylic acids is 1. The van der Waals surface area contributed by atoms with Crippen LogP contribution in [0.3, 0.4) is 0 Å². The second-order valence-corrected chi connectivity index (χ2v) is 8.25. The van der Waals surface area contributed by atoms with Gasteiger partial charge in [-0.3, -0.25) is 4.79 Å². The van der Waals surface area contributed by atoms with Gasteiger partial charge in [-0.05, 0) is 45.8 Å². The third-order valence-corrected chi connectivity index (χ3v) is 6.01. The van der Waals surface area contributed by atoms with Crippen LogP contribution in [0, 0.1) is 0 Å². The highest BCUT2D eigenvalue weighted by atomic mass is 35.5. The van der Waals surface area contributed by atoms with E-state index in [0.29, 0.717) is 22.9 Å². The SMILES string of the molecule is O=C(N/N=C\c1c(OCc2ccccc2Cl)ccc2ccccc12)c1ccc2ccccc2c1. The maximum absolute atomic E-state index is 12.7. The monoisotopic (exact) mass is 464 g/mol. The van der Waals surface area contributed by atoms with Crippen molar-refractivity contribution in [3.8, 4) is 5.75 Å². The van der Waals surface area contributed by atoms with Crippen LogP contribution in [-0.4, -0.2) is 12.1 Å². The number of nitrogens with one attached hydrogen (secondary N) is 1. The number of fused-ring (bicyclic) bond motifs is 2. The van der Waals surface area contributed by atoms with Gasteiger partial charge in [-0.25, -0.2) is 5.43 Å². The summed E-state index contributed by atoms with van der Waals surface area (Å²) in [5, 5.41) is 9.02. The van der Waals surface area contributed by atoms with E-state index in [0.717, 1.165) is 32.7 Å². The molecule has 0 spiro atoms. The van der Waals surface area contributed by atoms with Crippen molar-refractivity contribution < 1.29 is 9.53 Å². The molecule has 5 aromatic rings. The van der Waals surface area contributed by atoms with Crippen molar-refractivity contribution in [3.05, 3.63) is 125 Å². The highest BCUT2D eigenvalue weighted by molar-refractivity contribution is 6.31. The number of benzene rings is 5. The number of hydrogen-bond acceptors (Lipinski definition) is 3. The average molecular weight is 465 g/mol. The van der Waals surface area contributed by atoms with Crippen molar-refractivity contribution in [1.82, 2.24) is 5.43 Å². The van der Waals surface area contributed by atoms with Crippen molar-refractivity contribution in [2.75, 3.05) is 0 Å². The number of halogens is 1. The lowest BCUT2D eigenvalue weighted by Gasteiger charge is -2.12. The maximum atomic E-state index is 12.7. The smallest absolute Gasteiger partial charge is 0.271 e. The van der Waals surface area contributed by atoms with Gasteiger partial charge in [-0.2, -0.15) is 5.10 Å². The predicted octanol–water partition coefficient (Wildman–Crippen LogP) is 6.99. The summed E-state index contributed by atoms with van der Waals surface area (Å²) in [5.74, 6) is 0.378. The first kappa shape index (κ1) is 21.7. The molecule has 166 valence electrons. The molecule has 1 N–H and O–H groups in total. The standard InChI is InChI=1S/C29H21ClN2O2/c30-27-12-6-4-10-24(27)19-34-28-16-15-21-8-3-5-11-25(21)26(28)18-31-32-29(33)23-14-13-20-7-1-2-9-22(20)17-23/h1-18H,19H2,(H,32,33)/b31-18-. The Bertz CT molecular complexity index is 1530. The summed E-state index contributed by atoms with van der Waals surface area (Å²) in [6, 6.07) is 33.0. The van der Waals surface area contributed by atoms with E-state index < -0.39 is 0 Å². The molecule has 5 rings (SSSR count). The molecule has 0 radical (unpaired) electrons. The third kappa shape index (κ3) is 4.63. The van der Waals surface area contributed by atoms with Crippen LogP contribution in [0.1, 0.15) is 21.5 Å². The van der Waals surface area contributed by atoms with Crippen LogP contribution in [0.5, 0.6) is 5.75 Å². The fourth-order valence-electron chi connectivity index (χ4n) is 3.86. The Balaban J connectivity index is 1.40. The molecule has 0 aliphatic heterocycles. The van der Waals surface area contributed by atoms with Crippen molar-refractivity contribution in [1.29, 1.82) is 0 Å². The Morgan fingerprint density at radius 1 is 0.824 bits per heavy atom. The van der Waals surface area contributed by atoms with E-state index in [2.05, 4.69) is 10.5 Å². The molecule has 4 nitrogen and oxygen atoms in total. The summed E-state index contributed by atoms with van der Waals surface area (Å²) in [5.41, 5.74) is 4.86. The van der Waals surface area contributed by atoms with Gasteiger partial charge in [-0.15, -0.1) is 0 Å². The van der Waals surface area contributed by atoms with Crippen LogP contribution in [0.25, 0.3) is 21.5 Å². The Labute approximate surface area is 202 Å². The number of carbonyl (C=O) groups is 1. The van der Waals surface area contributed by atoms with Crippen molar-refractivity contribution in [2.24, 2.45) is 5.10 Å². The first-order chi connectivity index (χ1) is 16.7. The molecule has 0 heterocycles. The number of nitrogens with zero attached hydrogens (tertiary/aromatic N) is 1. The van der Waals surface area contributed by atoms with Crippen molar-refractivity contribution >= 4 is 45.3 Å². The van der Waals surface area contributed by atoms with E-state index in [1.807, 2.05) is 97.1 Å². The van der Waals surface area contributed by atoms with E-state index in [-0.39, 0.29) is 5.91 Å². The lowest BCUT2D eigenvalue weighted by atomic mass is 10.0. The summed E-state index contributed by atoms with van der Waals surface area (Å²) in [7, 11) is 0. The number of hydrazone groups is 1. The summed E-state index contributed by atoms with van der Waals surface area (Å²) in [6.07, 6.45) is 1.63. The molecule has 0 unspecified atom stereocenters. The summed E-state index contributed by atoms with van der Waals surface area (Å²) < 4.78 is 6.11. The topological polar surface area (TPSA) is 50.7 Å².